The normalized spacial score (nSPS) is 25.8. The second kappa shape index (κ2) is 13.0. The predicted octanol–water partition coefficient (Wildman–Crippen LogP) is 2.91. The van der Waals surface area contributed by atoms with E-state index < -0.39 is 58.8 Å². The zero-order valence-electron chi connectivity index (χ0n) is 28.4. The van der Waals surface area contributed by atoms with Crippen LogP contribution in [0.1, 0.15) is 76.6 Å². The molecular formula is C35H44N4O10. The minimum Gasteiger partial charge on any atom is -0.493 e. The molecule has 6 rings (SSSR count). The molecule has 1 spiro atoms. The van der Waals surface area contributed by atoms with Crippen LogP contribution in [0.4, 0.5) is 4.79 Å². The number of methoxy groups -OCH3 is 1. The number of carbonyl (C=O) groups excluding carboxylic acids is 4. The quantitative estimate of drug-likeness (QED) is 0.256. The number of aromatic amines is 1. The molecule has 264 valence electrons. The van der Waals surface area contributed by atoms with E-state index in [1.807, 2.05) is 12.1 Å². The summed E-state index contributed by atoms with van der Waals surface area (Å²) in [6.45, 7) is 6.33. The molecule has 1 fully saturated rings. The van der Waals surface area contributed by atoms with E-state index >= 15 is 0 Å². The maximum atomic E-state index is 13.9. The number of benzene rings is 1. The van der Waals surface area contributed by atoms with Gasteiger partial charge in [-0.2, -0.15) is 0 Å². The van der Waals surface area contributed by atoms with Crippen molar-refractivity contribution in [3.63, 3.8) is 0 Å². The third-order valence-electron chi connectivity index (χ3n) is 9.97. The molecule has 1 aromatic heterocycles. The number of nitrogens with one attached hydrogen (secondary N) is 3. The third kappa shape index (κ3) is 6.33. The van der Waals surface area contributed by atoms with Crippen LogP contribution in [-0.2, 0) is 46.9 Å². The number of rotatable bonds is 11. The Bertz CT molecular complexity index is 1650. The highest BCUT2D eigenvalue weighted by Crippen LogP contribution is 2.67. The van der Waals surface area contributed by atoms with Gasteiger partial charge in [-0.15, -0.1) is 0 Å². The second-order valence-electron chi connectivity index (χ2n) is 14.2. The van der Waals surface area contributed by atoms with Crippen molar-refractivity contribution >= 4 is 23.9 Å². The molecule has 49 heavy (non-hydrogen) atoms. The number of imidazole rings is 1. The molecule has 4 aliphatic rings. The lowest BCUT2D eigenvalue weighted by Gasteiger charge is -2.59. The molecule has 14 nitrogen and oxygen atoms in total. The van der Waals surface area contributed by atoms with Crippen molar-refractivity contribution < 1.29 is 48.0 Å². The molecule has 2 amide bonds. The second-order valence-corrected chi connectivity index (χ2v) is 14.2. The molecule has 2 bridgehead atoms. The molecule has 1 saturated carbocycles. The van der Waals surface area contributed by atoms with Crippen LogP contribution in [0.25, 0.3) is 0 Å². The number of ether oxygens (including phenoxy) is 5. The zero-order valence-corrected chi connectivity index (χ0v) is 28.4. The Morgan fingerprint density at radius 3 is 2.73 bits per heavy atom. The largest absolute Gasteiger partial charge is 0.509 e. The molecule has 1 aromatic carbocycles. The van der Waals surface area contributed by atoms with Crippen LogP contribution >= 0.6 is 0 Å². The number of esters is 1. The van der Waals surface area contributed by atoms with Gasteiger partial charge >= 0.3 is 12.1 Å². The first-order valence-corrected chi connectivity index (χ1v) is 16.7. The summed E-state index contributed by atoms with van der Waals surface area (Å²) >= 11 is 0. The average Bonchev–Trinajstić information content (AvgIpc) is 3.66. The average molecular weight is 681 g/mol. The maximum absolute atomic E-state index is 13.9. The Morgan fingerprint density at radius 2 is 2.02 bits per heavy atom. The van der Waals surface area contributed by atoms with Crippen molar-refractivity contribution in [2.24, 2.45) is 5.92 Å². The molecule has 14 heteroatoms. The van der Waals surface area contributed by atoms with Crippen molar-refractivity contribution in [1.82, 2.24) is 20.6 Å². The molecule has 4 N–H and O–H groups in total. The Labute approximate surface area is 284 Å². The molecule has 0 saturated heterocycles. The lowest BCUT2D eigenvalue weighted by Crippen LogP contribution is -2.67. The Balaban J connectivity index is 1.14. The van der Waals surface area contributed by atoms with Crippen molar-refractivity contribution in [3.8, 4) is 11.5 Å². The van der Waals surface area contributed by atoms with E-state index in [0.29, 0.717) is 30.0 Å². The van der Waals surface area contributed by atoms with Gasteiger partial charge in [-0.3, -0.25) is 9.59 Å². The summed E-state index contributed by atoms with van der Waals surface area (Å²) in [5.74, 6) is -0.391. The molecular weight excluding hydrogens is 636 g/mol. The summed E-state index contributed by atoms with van der Waals surface area (Å²) in [6, 6.07) is 2.81. The van der Waals surface area contributed by atoms with Crippen LogP contribution in [0, 0.1) is 5.92 Å². The lowest BCUT2D eigenvalue weighted by atomic mass is 9.47. The molecule has 2 aromatic rings. The fourth-order valence-electron chi connectivity index (χ4n) is 7.86. The molecule has 0 unspecified atom stereocenters. The van der Waals surface area contributed by atoms with Crippen LogP contribution in [0.5, 0.6) is 11.5 Å². The van der Waals surface area contributed by atoms with E-state index in [-0.39, 0.29) is 31.1 Å². The van der Waals surface area contributed by atoms with E-state index in [1.54, 1.807) is 40.2 Å². The van der Waals surface area contributed by atoms with E-state index in [1.165, 1.54) is 13.3 Å². The zero-order chi connectivity index (χ0) is 35.1. The fourth-order valence-corrected chi connectivity index (χ4v) is 7.86. The number of hydrogen-bond acceptors (Lipinski definition) is 11. The maximum Gasteiger partial charge on any atom is 0.509 e. The summed E-state index contributed by atoms with van der Waals surface area (Å²) in [4.78, 5) is 58.2. The Morgan fingerprint density at radius 1 is 1.22 bits per heavy atom. The van der Waals surface area contributed by atoms with Crippen LogP contribution < -0.4 is 20.1 Å². The SMILES string of the molecule is COc1ccc2c3c1O[C@H]1C(OC(=O)[C@H](Cc4cnc[nH]4)NC(=O)CCNC(=O)[C@H](C)OC(=O)OC(C)(C)C)=CC[C@@]4(O)[C@H](CCC[C@]314)C2. The van der Waals surface area contributed by atoms with Crippen LogP contribution in [0.15, 0.2) is 36.5 Å². The Hall–Kier alpha value is -4.59. The highest BCUT2D eigenvalue weighted by Gasteiger charge is 2.71. The summed E-state index contributed by atoms with van der Waals surface area (Å²) < 4.78 is 28.4. The van der Waals surface area contributed by atoms with Crippen molar-refractivity contribution in [1.29, 1.82) is 0 Å². The molecule has 0 radical (unpaired) electrons. The van der Waals surface area contributed by atoms with Gasteiger partial charge in [0.15, 0.2) is 23.7 Å². The molecule has 2 heterocycles. The monoisotopic (exact) mass is 680 g/mol. The van der Waals surface area contributed by atoms with Gasteiger partial charge in [0.05, 0.1) is 24.5 Å². The minimum atomic E-state index is -1.15. The Kier molecular flexibility index (Phi) is 9.12. The van der Waals surface area contributed by atoms with Crippen LogP contribution in [0.3, 0.4) is 0 Å². The van der Waals surface area contributed by atoms with Crippen molar-refractivity contribution in [2.75, 3.05) is 13.7 Å². The van der Waals surface area contributed by atoms with Gasteiger partial charge in [-0.25, -0.2) is 14.6 Å². The minimum absolute atomic E-state index is 0.0347. The summed E-state index contributed by atoms with van der Waals surface area (Å²) in [5.41, 5.74) is -0.00990. The topological polar surface area (TPSA) is 187 Å². The summed E-state index contributed by atoms with van der Waals surface area (Å²) in [6.07, 6.45) is 5.24. The van der Waals surface area contributed by atoms with Crippen LogP contribution in [0.2, 0.25) is 0 Å². The number of amides is 2. The molecule has 6 atom stereocenters. The molecule has 1 aliphatic heterocycles. The highest BCUT2D eigenvalue weighted by atomic mass is 16.7. The van der Waals surface area contributed by atoms with Gasteiger partial charge in [-0.1, -0.05) is 12.5 Å². The van der Waals surface area contributed by atoms with E-state index in [4.69, 9.17) is 23.7 Å². The van der Waals surface area contributed by atoms with Crippen molar-refractivity contribution in [2.45, 2.75) is 108 Å². The number of nitrogens with zero attached hydrogens (tertiary/aromatic N) is 1. The van der Waals surface area contributed by atoms with Gasteiger partial charge < -0.3 is 44.4 Å². The first-order valence-electron chi connectivity index (χ1n) is 16.7. The van der Waals surface area contributed by atoms with Gasteiger partial charge in [0.25, 0.3) is 5.91 Å². The standard InChI is InChI=1S/C35H44N4O10/c1-19(46-32(43)49-33(2,3)4)30(41)37-14-11-26(40)39-23(16-22-17-36-18-38-22)31(42)47-25-10-13-35(44)21-7-6-12-34(35)27-20(15-21)8-9-24(45-5)28(27)48-29(25)34/h8-10,17-19,21,23,29,44H,6-7,11-16H2,1-5H3,(H,36,38)(H,37,41)(H,39,40)/t19-,21+,23-,29-,34-,35+/m0/s1. The number of carbonyl (C=O) groups is 4. The summed E-state index contributed by atoms with van der Waals surface area (Å²) in [7, 11) is 1.57. The number of hydrogen-bond donors (Lipinski definition) is 4. The lowest BCUT2D eigenvalue weighted by molar-refractivity contribution is -0.161. The van der Waals surface area contributed by atoms with Gasteiger partial charge in [-0.05, 0) is 77.0 Å². The van der Waals surface area contributed by atoms with Gasteiger partial charge in [0, 0.05) is 36.8 Å². The first-order chi connectivity index (χ1) is 23.3. The first kappa shape index (κ1) is 34.3. The third-order valence-corrected chi connectivity index (χ3v) is 9.97. The fraction of sp³-hybridized carbons (Fsp3) is 0.571. The number of aliphatic hydroxyl groups is 1. The van der Waals surface area contributed by atoms with Crippen LogP contribution in [-0.4, -0.2) is 82.1 Å². The summed E-state index contributed by atoms with van der Waals surface area (Å²) in [5, 5.41) is 17.6. The van der Waals surface area contributed by atoms with E-state index in [2.05, 4.69) is 20.6 Å². The smallest absolute Gasteiger partial charge is 0.493 e. The van der Waals surface area contributed by atoms with E-state index in [9.17, 15) is 24.3 Å². The highest BCUT2D eigenvalue weighted by molar-refractivity contribution is 5.86. The number of H-pyrrole nitrogens is 1. The molecule has 3 aliphatic carbocycles. The van der Waals surface area contributed by atoms with E-state index in [0.717, 1.165) is 30.4 Å². The van der Waals surface area contributed by atoms with Gasteiger partial charge in [0.2, 0.25) is 5.91 Å². The van der Waals surface area contributed by atoms with Gasteiger partial charge in [0.1, 0.15) is 17.4 Å². The van der Waals surface area contributed by atoms with Crippen molar-refractivity contribution in [3.05, 3.63) is 53.3 Å². The number of aromatic nitrogens is 2. The predicted molar refractivity (Wildman–Crippen MR) is 173 cm³/mol.